The summed E-state index contributed by atoms with van der Waals surface area (Å²) in [5.41, 5.74) is 0. The molecule has 0 bridgehead atoms. The van der Waals surface area contributed by atoms with E-state index in [1.807, 2.05) is 11.0 Å². The normalized spacial score (nSPS) is 19.9. The Morgan fingerprint density at radius 2 is 1.30 bits per heavy atom. The Hall–Kier alpha value is -0.500. The lowest BCUT2D eigenvalue weighted by molar-refractivity contribution is -0.927. The molecular weight excluding hydrogens is 296 g/mol. The summed E-state index contributed by atoms with van der Waals surface area (Å²) >= 11 is 0. The van der Waals surface area contributed by atoms with Crippen molar-refractivity contribution < 1.29 is 24.9 Å². The standard InChI is InChI=1S/C17H37N2O4/c1-6-8-19(12-16(4)22,13-17(5)23)9-7-18(10-14(2)20)11-15(3)21/h6,14-17,20-23H,1,7-13H2,2-5H3/q+1. The molecule has 0 spiro atoms. The number of aliphatic hydroxyl groups is 4. The van der Waals surface area contributed by atoms with Crippen LogP contribution in [0.2, 0.25) is 0 Å². The van der Waals surface area contributed by atoms with Gasteiger partial charge < -0.3 is 24.9 Å². The molecule has 0 aliphatic heterocycles. The molecule has 4 unspecified atom stereocenters. The first-order chi connectivity index (χ1) is 10.6. The predicted octanol–water partition coefficient (Wildman–Crippen LogP) is -0.186. The molecule has 6 nitrogen and oxygen atoms in total. The third-order valence-corrected chi connectivity index (χ3v) is 3.75. The van der Waals surface area contributed by atoms with Crippen LogP contribution in [0.3, 0.4) is 0 Å². The topological polar surface area (TPSA) is 84.2 Å². The molecule has 4 atom stereocenters. The van der Waals surface area contributed by atoms with Gasteiger partial charge in [0.15, 0.2) is 0 Å². The van der Waals surface area contributed by atoms with E-state index >= 15 is 0 Å². The first kappa shape index (κ1) is 22.5. The van der Waals surface area contributed by atoms with Gasteiger partial charge in [-0.25, -0.2) is 0 Å². The molecule has 0 rings (SSSR count). The van der Waals surface area contributed by atoms with Gasteiger partial charge in [-0.05, 0) is 33.8 Å². The summed E-state index contributed by atoms with van der Waals surface area (Å²) in [6.07, 6.45) is -0.0724. The maximum Gasteiger partial charge on any atom is 0.105 e. The molecule has 0 saturated heterocycles. The first-order valence-corrected chi connectivity index (χ1v) is 8.51. The fourth-order valence-corrected chi connectivity index (χ4v) is 3.25. The Balaban J connectivity index is 5.03. The van der Waals surface area contributed by atoms with Gasteiger partial charge in [0.25, 0.3) is 0 Å². The molecule has 6 heteroatoms. The number of quaternary nitrogens is 1. The molecule has 0 aromatic rings. The SMILES string of the molecule is C=CC[N+](CCN(CC(C)O)CC(C)O)(CC(C)O)CC(C)O. The number of hydrogen-bond acceptors (Lipinski definition) is 5. The summed E-state index contributed by atoms with van der Waals surface area (Å²) in [6.45, 7) is 14.9. The summed E-state index contributed by atoms with van der Waals surface area (Å²) in [4.78, 5) is 2.02. The van der Waals surface area contributed by atoms with Crippen LogP contribution in [0.4, 0.5) is 0 Å². The third kappa shape index (κ3) is 10.8. The molecule has 0 fully saturated rings. The van der Waals surface area contributed by atoms with E-state index in [-0.39, 0.29) is 0 Å². The zero-order chi connectivity index (χ0) is 18.0. The second-order valence-corrected chi connectivity index (χ2v) is 7.06. The first-order valence-electron chi connectivity index (χ1n) is 8.51. The van der Waals surface area contributed by atoms with E-state index in [1.54, 1.807) is 27.7 Å². The van der Waals surface area contributed by atoms with Crippen LogP contribution < -0.4 is 0 Å². The van der Waals surface area contributed by atoms with Crippen LogP contribution in [0, 0.1) is 0 Å². The predicted molar refractivity (Wildman–Crippen MR) is 93.1 cm³/mol. The number of rotatable bonds is 13. The molecule has 0 heterocycles. The van der Waals surface area contributed by atoms with E-state index in [9.17, 15) is 20.4 Å². The zero-order valence-corrected chi connectivity index (χ0v) is 15.2. The van der Waals surface area contributed by atoms with E-state index < -0.39 is 24.4 Å². The lowest BCUT2D eigenvalue weighted by atomic mass is 10.2. The fourth-order valence-electron chi connectivity index (χ4n) is 3.25. The van der Waals surface area contributed by atoms with E-state index in [1.165, 1.54) is 0 Å². The lowest BCUT2D eigenvalue weighted by Crippen LogP contribution is -2.58. The highest BCUT2D eigenvalue weighted by Gasteiger charge is 2.30. The van der Waals surface area contributed by atoms with E-state index in [2.05, 4.69) is 6.58 Å². The van der Waals surface area contributed by atoms with Crippen LogP contribution >= 0.6 is 0 Å². The summed E-state index contributed by atoms with van der Waals surface area (Å²) in [6, 6.07) is 0. The molecule has 0 aromatic carbocycles. The van der Waals surface area contributed by atoms with Crippen LogP contribution in [-0.2, 0) is 0 Å². The molecule has 0 aliphatic rings. The van der Waals surface area contributed by atoms with Crippen molar-refractivity contribution in [3.05, 3.63) is 12.7 Å². The van der Waals surface area contributed by atoms with Crippen LogP contribution in [0.5, 0.6) is 0 Å². The molecule has 0 radical (unpaired) electrons. The average Bonchev–Trinajstić information content (AvgIpc) is 2.33. The van der Waals surface area contributed by atoms with Gasteiger partial charge in [0.05, 0.1) is 25.3 Å². The molecule has 0 amide bonds. The summed E-state index contributed by atoms with van der Waals surface area (Å²) < 4.78 is 0.537. The number of hydrogen-bond donors (Lipinski definition) is 4. The van der Waals surface area contributed by atoms with E-state index in [0.29, 0.717) is 50.3 Å². The number of nitrogens with zero attached hydrogens (tertiary/aromatic N) is 2. The van der Waals surface area contributed by atoms with Gasteiger partial charge in [-0.2, -0.15) is 0 Å². The van der Waals surface area contributed by atoms with Crippen molar-refractivity contribution in [3.63, 3.8) is 0 Å². The molecule has 0 aromatic heterocycles. The molecular formula is C17H37N2O4+. The summed E-state index contributed by atoms with van der Waals surface area (Å²) in [5, 5.41) is 39.0. The quantitative estimate of drug-likeness (QED) is 0.277. The Morgan fingerprint density at radius 1 is 0.870 bits per heavy atom. The van der Waals surface area contributed by atoms with E-state index in [0.717, 1.165) is 0 Å². The van der Waals surface area contributed by atoms with Gasteiger partial charge in [-0.1, -0.05) is 6.58 Å². The van der Waals surface area contributed by atoms with Crippen LogP contribution in [-0.4, -0.2) is 100 Å². The van der Waals surface area contributed by atoms with Gasteiger partial charge in [-0.3, -0.25) is 4.90 Å². The van der Waals surface area contributed by atoms with Crippen LogP contribution in [0.1, 0.15) is 27.7 Å². The maximum absolute atomic E-state index is 9.86. The highest BCUT2D eigenvalue weighted by atomic mass is 16.3. The van der Waals surface area contributed by atoms with Crippen molar-refractivity contribution in [2.75, 3.05) is 45.8 Å². The second-order valence-electron chi connectivity index (χ2n) is 7.06. The van der Waals surface area contributed by atoms with Gasteiger partial charge in [0.1, 0.15) is 25.3 Å². The van der Waals surface area contributed by atoms with Crippen molar-refractivity contribution in [2.45, 2.75) is 52.1 Å². The smallest absolute Gasteiger partial charge is 0.105 e. The molecule has 0 aliphatic carbocycles. The van der Waals surface area contributed by atoms with Crippen molar-refractivity contribution in [2.24, 2.45) is 0 Å². The van der Waals surface area contributed by atoms with Gasteiger partial charge in [0.2, 0.25) is 0 Å². The van der Waals surface area contributed by atoms with Crippen molar-refractivity contribution in [1.29, 1.82) is 0 Å². The molecule has 23 heavy (non-hydrogen) atoms. The summed E-state index contributed by atoms with van der Waals surface area (Å²) in [7, 11) is 0. The minimum absolute atomic E-state index is 0.469. The zero-order valence-electron chi connectivity index (χ0n) is 15.2. The third-order valence-electron chi connectivity index (χ3n) is 3.75. The maximum atomic E-state index is 9.86. The van der Waals surface area contributed by atoms with Gasteiger partial charge in [-0.15, -0.1) is 0 Å². The van der Waals surface area contributed by atoms with Crippen molar-refractivity contribution in [3.8, 4) is 0 Å². The minimum atomic E-state index is -0.476. The largest absolute Gasteiger partial charge is 0.392 e. The van der Waals surface area contributed by atoms with Crippen LogP contribution in [0.25, 0.3) is 0 Å². The fraction of sp³-hybridized carbons (Fsp3) is 0.882. The average molecular weight is 333 g/mol. The second kappa shape index (κ2) is 11.1. The van der Waals surface area contributed by atoms with E-state index in [4.69, 9.17) is 0 Å². The van der Waals surface area contributed by atoms with Gasteiger partial charge in [0, 0.05) is 19.6 Å². The van der Waals surface area contributed by atoms with Gasteiger partial charge >= 0.3 is 0 Å². The molecule has 4 N–H and O–H groups in total. The highest BCUT2D eigenvalue weighted by Crippen LogP contribution is 2.12. The van der Waals surface area contributed by atoms with Crippen molar-refractivity contribution in [1.82, 2.24) is 4.90 Å². The van der Waals surface area contributed by atoms with Crippen molar-refractivity contribution >= 4 is 0 Å². The Morgan fingerprint density at radius 3 is 1.61 bits per heavy atom. The highest BCUT2D eigenvalue weighted by molar-refractivity contribution is 4.71. The Bertz CT molecular complexity index is 300. The summed E-state index contributed by atoms with van der Waals surface area (Å²) in [5.74, 6) is 0. The Kier molecular flexibility index (Phi) is 10.9. The molecule has 0 saturated carbocycles. The monoisotopic (exact) mass is 333 g/mol. The number of aliphatic hydroxyl groups excluding tert-OH is 4. The molecule has 138 valence electrons. The lowest BCUT2D eigenvalue weighted by Gasteiger charge is -2.41. The van der Waals surface area contributed by atoms with Crippen LogP contribution in [0.15, 0.2) is 12.7 Å². The minimum Gasteiger partial charge on any atom is -0.392 e. The Labute approximate surface area is 141 Å².